The Kier molecular flexibility index (Phi) is 5.55. The first-order valence-electron chi connectivity index (χ1n) is 6.45. The zero-order valence-corrected chi connectivity index (χ0v) is 11.7. The highest BCUT2D eigenvalue weighted by molar-refractivity contribution is 5.92. The van der Waals surface area contributed by atoms with Crippen LogP contribution in [0, 0.1) is 6.92 Å². The lowest BCUT2D eigenvalue weighted by atomic mass is 10.2. The molecule has 0 atom stereocenters. The number of hydrogen-bond donors (Lipinski definition) is 1. The van der Waals surface area contributed by atoms with Gasteiger partial charge >= 0.3 is 0 Å². The van der Waals surface area contributed by atoms with E-state index in [-0.39, 0.29) is 5.91 Å². The fourth-order valence-corrected chi connectivity index (χ4v) is 1.81. The fraction of sp³-hybridized carbons (Fsp3) is 0.615. The number of hydrogen-bond acceptors (Lipinski definition) is 4. The summed E-state index contributed by atoms with van der Waals surface area (Å²) in [6.07, 6.45) is 1.91. The molecule has 0 aromatic carbocycles. The van der Waals surface area contributed by atoms with Crippen molar-refractivity contribution in [3.63, 3.8) is 0 Å². The lowest BCUT2D eigenvalue weighted by Gasteiger charge is -2.21. The summed E-state index contributed by atoms with van der Waals surface area (Å²) in [4.78, 5) is 22.6. The molecule has 0 spiro atoms. The minimum atomic E-state index is -0.0132. The van der Waals surface area contributed by atoms with E-state index in [1.807, 2.05) is 11.8 Å². The standard InChI is InChI=1S/C13H22N4O/c1-5-7-17(8-6-2)12(18)11-9-10(3)15-13(14-4)16-11/h9H,5-8H2,1-4H3,(H,14,15,16). The second kappa shape index (κ2) is 6.93. The monoisotopic (exact) mass is 250 g/mol. The number of nitrogens with zero attached hydrogens (tertiary/aromatic N) is 3. The average molecular weight is 250 g/mol. The van der Waals surface area contributed by atoms with Crippen molar-refractivity contribution in [3.8, 4) is 0 Å². The highest BCUT2D eigenvalue weighted by atomic mass is 16.2. The molecule has 0 saturated carbocycles. The lowest BCUT2D eigenvalue weighted by molar-refractivity contribution is 0.0749. The van der Waals surface area contributed by atoms with E-state index in [9.17, 15) is 4.79 Å². The van der Waals surface area contributed by atoms with Gasteiger partial charge in [-0.15, -0.1) is 0 Å². The molecule has 5 nitrogen and oxygen atoms in total. The number of amides is 1. The van der Waals surface area contributed by atoms with Gasteiger partial charge in [-0.1, -0.05) is 13.8 Å². The van der Waals surface area contributed by atoms with Crippen molar-refractivity contribution < 1.29 is 4.79 Å². The van der Waals surface area contributed by atoms with Gasteiger partial charge < -0.3 is 10.2 Å². The molecule has 0 bridgehead atoms. The van der Waals surface area contributed by atoms with E-state index < -0.39 is 0 Å². The Hall–Kier alpha value is -1.65. The third-order valence-electron chi connectivity index (χ3n) is 2.57. The molecule has 0 unspecified atom stereocenters. The molecule has 1 aromatic heterocycles. The Bertz CT molecular complexity index is 400. The summed E-state index contributed by atoms with van der Waals surface area (Å²) in [5.41, 5.74) is 1.26. The molecule has 0 radical (unpaired) electrons. The summed E-state index contributed by atoms with van der Waals surface area (Å²) in [5, 5.41) is 2.87. The van der Waals surface area contributed by atoms with Crippen LogP contribution in [0.25, 0.3) is 0 Å². The highest BCUT2D eigenvalue weighted by Gasteiger charge is 2.16. The van der Waals surface area contributed by atoms with Crippen molar-refractivity contribution in [1.82, 2.24) is 14.9 Å². The molecule has 1 rings (SSSR count). The van der Waals surface area contributed by atoms with Crippen LogP contribution in [0.2, 0.25) is 0 Å². The topological polar surface area (TPSA) is 58.1 Å². The van der Waals surface area contributed by atoms with E-state index in [2.05, 4.69) is 29.1 Å². The molecule has 18 heavy (non-hydrogen) atoms. The molecule has 0 aliphatic carbocycles. The van der Waals surface area contributed by atoms with Gasteiger partial charge in [-0.3, -0.25) is 4.79 Å². The van der Waals surface area contributed by atoms with Crippen LogP contribution < -0.4 is 5.32 Å². The van der Waals surface area contributed by atoms with Gasteiger partial charge in [0.05, 0.1) is 0 Å². The number of nitrogens with one attached hydrogen (secondary N) is 1. The van der Waals surface area contributed by atoms with Gasteiger partial charge in [0, 0.05) is 25.8 Å². The van der Waals surface area contributed by atoms with Gasteiger partial charge in [-0.2, -0.15) is 0 Å². The molecule has 0 fully saturated rings. The van der Waals surface area contributed by atoms with E-state index in [0.717, 1.165) is 31.6 Å². The number of aryl methyl sites for hydroxylation is 1. The Labute approximate surface area is 109 Å². The minimum Gasteiger partial charge on any atom is -0.357 e. The molecule has 100 valence electrons. The highest BCUT2D eigenvalue weighted by Crippen LogP contribution is 2.08. The van der Waals surface area contributed by atoms with Crippen LogP contribution in [0.5, 0.6) is 0 Å². The Morgan fingerprint density at radius 2 is 1.89 bits per heavy atom. The number of carbonyl (C=O) groups is 1. The smallest absolute Gasteiger partial charge is 0.272 e. The van der Waals surface area contributed by atoms with Crippen LogP contribution in [0.15, 0.2) is 6.07 Å². The van der Waals surface area contributed by atoms with Gasteiger partial charge in [0.15, 0.2) is 0 Å². The summed E-state index contributed by atoms with van der Waals surface area (Å²) >= 11 is 0. The van der Waals surface area contributed by atoms with Crippen molar-refractivity contribution in [1.29, 1.82) is 0 Å². The average Bonchev–Trinajstić information content (AvgIpc) is 2.36. The van der Waals surface area contributed by atoms with Crippen LogP contribution in [-0.4, -0.2) is 40.9 Å². The fourth-order valence-electron chi connectivity index (χ4n) is 1.81. The first kappa shape index (κ1) is 14.4. The molecule has 1 N–H and O–H groups in total. The van der Waals surface area contributed by atoms with Crippen molar-refractivity contribution in [2.75, 3.05) is 25.5 Å². The predicted octanol–water partition coefficient (Wildman–Crippen LogP) is 2.09. The van der Waals surface area contributed by atoms with Crippen LogP contribution in [-0.2, 0) is 0 Å². The van der Waals surface area contributed by atoms with Crippen LogP contribution >= 0.6 is 0 Å². The Balaban J connectivity index is 2.96. The molecule has 5 heteroatoms. The third kappa shape index (κ3) is 3.68. The molecular weight excluding hydrogens is 228 g/mol. The lowest BCUT2D eigenvalue weighted by Crippen LogP contribution is -2.33. The number of carbonyl (C=O) groups excluding carboxylic acids is 1. The zero-order valence-electron chi connectivity index (χ0n) is 11.7. The molecular formula is C13H22N4O. The quantitative estimate of drug-likeness (QED) is 0.840. The maximum Gasteiger partial charge on any atom is 0.272 e. The minimum absolute atomic E-state index is 0.0132. The van der Waals surface area contributed by atoms with E-state index in [0.29, 0.717) is 11.6 Å². The first-order valence-corrected chi connectivity index (χ1v) is 6.45. The summed E-state index contributed by atoms with van der Waals surface area (Å²) in [7, 11) is 1.75. The van der Waals surface area contributed by atoms with Crippen LogP contribution in [0.3, 0.4) is 0 Å². The normalized spacial score (nSPS) is 10.2. The first-order chi connectivity index (χ1) is 8.62. The zero-order chi connectivity index (χ0) is 13.5. The van der Waals surface area contributed by atoms with Crippen LogP contribution in [0.4, 0.5) is 5.95 Å². The van der Waals surface area contributed by atoms with Crippen molar-refractivity contribution >= 4 is 11.9 Å². The largest absolute Gasteiger partial charge is 0.357 e. The summed E-state index contributed by atoms with van der Waals surface area (Å²) in [6, 6.07) is 1.74. The van der Waals surface area contributed by atoms with Gasteiger partial charge in [0.1, 0.15) is 5.69 Å². The third-order valence-corrected chi connectivity index (χ3v) is 2.57. The molecule has 0 aliphatic heterocycles. The summed E-state index contributed by atoms with van der Waals surface area (Å²) in [6.45, 7) is 7.54. The number of anilines is 1. The van der Waals surface area contributed by atoms with Crippen molar-refractivity contribution in [2.45, 2.75) is 33.6 Å². The molecule has 1 aromatic rings. The van der Waals surface area contributed by atoms with Gasteiger partial charge in [-0.05, 0) is 25.8 Å². The van der Waals surface area contributed by atoms with E-state index in [1.54, 1.807) is 13.1 Å². The molecule has 0 aliphatic rings. The molecule has 1 amide bonds. The Morgan fingerprint density at radius 1 is 1.28 bits per heavy atom. The maximum absolute atomic E-state index is 12.4. The number of rotatable bonds is 6. The van der Waals surface area contributed by atoms with E-state index in [4.69, 9.17) is 0 Å². The second-order valence-electron chi connectivity index (χ2n) is 4.26. The molecule has 0 saturated heterocycles. The van der Waals surface area contributed by atoms with Gasteiger partial charge in [0.2, 0.25) is 5.95 Å². The van der Waals surface area contributed by atoms with Gasteiger partial charge in [-0.25, -0.2) is 9.97 Å². The summed E-state index contributed by atoms with van der Waals surface area (Å²) < 4.78 is 0. The van der Waals surface area contributed by atoms with E-state index >= 15 is 0 Å². The Morgan fingerprint density at radius 3 is 2.39 bits per heavy atom. The maximum atomic E-state index is 12.4. The second-order valence-corrected chi connectivity index (χ2v) is 4.26. The SMILES string of the molecule is CCCN(CCC)C(=O)c1cc(C)nc(NC)n1. The summed E-state index contributed by atoms with van der Waals surface area (Å²) in [5.74, 6) is 0.479. The van der Waals surface area contributed by atoms with Crippen LogP contribution in [0.1, 0.15) is 42.9 Å². The predicted molar refractivity (Wildman–Crippen MR) is 72.8 cm³/mol. The van der Waals surface area contributed by atoms with Gasteiger partial charge in [0.25, 0.3) is 5.91 Å². The van der Waals surface area contributed by atoms with Crippen molar-refractivity contribution in [2.24, 2.45) is 0 Å². The van der Waals surface area contributed by atoms with Crippen molar-refractivity contribution in [3.05, 3.63) is 17.5 Å². The van der Waals surface area contributed by atoms with E-state index in [1.165, 1.54) is 0 Å². The number of aromatic nitrogens is 2. The molecule has 1 heterocycles.